The standard InChI is InChI=1S/C21H29NO2/c1-19-9-10-21(24,11-12-22)13-14(19)3-4-15-16-5-6-18(23)20(16,2)8-7-17(15)19/h3,15-17,24H,4-11,13H2,1-2H3/t15-,16-,17-,19-,20-,21+/m0/s1. The summed E-state index contributed by atoms with van der Waals surface area (Å²) in [6, 6.07) is 2.17. The topological polar surface area (TPSA) is 61.1 Å². The molecule has 24 heavy (non-hydrogen) atoms. The van der Waals surface area contributed by atoms with Crippen molar-refractivity contribution in [2.45, 2.75) is 77.2 Å². The number of rotatable bonds is 1. The number of nitriles is 1. The summed E-state index contributed by atoms with van der Waals surface area (Å²) in [6.07, 6.45) is 10.1. The van der Waals surface area contributed by atoms with Crippen molar-refractivity contribution in [2.75, 3.05) is 0 Å². The second-order valence-electron chi connectivity index (χ2n) is 9.41. The van der Waals surface area contributed by atoms with E-state index in [1.807, 2.05) is 0 Å². The fourth-order valence-electron chi connectivity index (χ4n) is 6.78. The third-order valence-electron chi connectivity index (χ3n) is 8.37. The first kappa shape index (κ1) is 16.3. The lowest BCUT2D eigenvalue weighted by Crippen LogP contribution is -2.52. The molecular weight excluding hydrogens is 298 g/mol. The molecule has 0 spiro atoms. The summed E-state index contributed by atoms with van der Waals surface area (Å²) in [7, 11) is 0. The van der Waals surface area contributed by atoms with E-state index in [4.69, 9.17) is 5.26 Å². The quantitative estimate of drug-likeness (QED) is 0.736. The van der Waals surface area contributed by atoms with Gasteiger partial charge in [0.15, 0.2) is 0 Å². The molecule has 4 rings (SSSR count). The first-order valence-corrected chi connectivity index (χ1v) is 9.65. The van der Waals surface area contributed by atoms with Gasteiger partial charge in [0.25, 0.3) is 0 Å². The van der Waals surface area contributed by atoms with Crippen molar-refractivity contribution in [1.82, 2.24) is 0 Å². The van der Waals surface area contributed by atoms with Gasteiger partial charge >= 0.3 is 0 Å². The lowest BCUT2D eigenvalue weighted by Gasteiger charge is -2.57. The highest BCUT2D eigenvalue weighted by molar-refractivity contribution is 5.87. The lowest BCUT2D eigenvalue weighted by atomic mass is 9.47. The molecular formula is C21H29NO2. The zero-order valence-corrected chi connectivity index (χ0v) is 15.0. The molecule has 0 aromatic rings. The molecule has 6 atom stereocenters. The van der Waals surface area contributed by atoms with E-state index in [2.05, 4.69) is 26.0 Å². The molecule has 0 radical (unpaired) electrons. The lowest BCUT2D eigenvalue weighted by molar-refractivity contribution is -0.132. The molecule has 0 aromatic carbocycles. The highest BCUT2D eigenvalue weighted by atomic mass is 16.3. The summed E-state index contributed by atoms with van der Waals surface area (Å²) in [6.45, 7) is 4.61. The van der Waals surface area contributed by atoms with Gasteiger partial charge in [-0.25, -0.2) is 0 Å². The van der Waals surface area contributed by atoms with Crippen molar-refractivity contribution in [3.8, 4) is 6.07 Å². The third kappa shape index (κ3) is 2.08. The molecule has 3 heteroatoms. The number of carbonyl (C=O) groups excluding carboxylic acids is 1. The monoisotopic (exact) mass is 327 g/mol. The average molecular weight is 327 g/mol. The van der Waals surface area contributed by atoms with Crippen LogP contribution in [0.1, 0.15) is 71.6 Å². The molecule has 130 valence electrons. The van der Waals surface area contributed by atoms with Crippen molar-refractivity contribution in [3.05, 3.63) is 11.6 Å². The molecule has 1 N–H and O–H groups in total. The van der Waals surface area contributed by atoms with Crippen LogP contribution in [0, 0.1) is 39.9 Å². The van der Waals surface area contributed by atoms with Crippen LogP contribution in [0.15, 0.2) is 11.6 Å². The van der Waals surface area contributed by atoms with Crippen LogP contribution in [0.2, 0.25) is 0 Å². The fourth-order valence-corrected chi connectivity index (χ4v) is 6.78. The van der Waals surface area contributed by atoms with Gasteiger partial charge in [-0.3, -0.25) is 4.79 Å². The fraction of sp³-hybridized carbons (Fsp3) is 0.810. The van der Waals surface area contributed by atoms with E-state index in [0.29, 0.717) is 30.0 Å². The highest BCUT2D eigenvalue weighted by Crippen LogP contribution is 2.64. The number of nitrogens with zero attached hydrogens (tertiary/aromatic N) is 1. The Bertz CT molecular complexity index is 647. The van der Waals surface area contributed by atoms with Crippen molar-refractivity contribution >= 4 is 5.78 Å². The highest BCUT2D eigenvalue weighted by Gasteiger charge is 2.59. The normalized spacial score (nSPS) is 50.3. The molecule has 4 aliphatic carbocycles. The number of hydrogen-bond acceptors (Lipinski definition) is 3. The minimum absolute atomic E-state index is 0.0704. The number of Topliss-reactive ketones (excluding diaryl/α,β-unsaturated/α-hetero) is 1. The Hall–Kier alpha value is -1.14. The van der Waals surface area contributed by atoms with Crippen molar-refractivity contribution in [1.29, 1.82) is 5.26 Å². The Kier molecular flexibility index (Phi) is 3.52. The molecule has 0 bridgehead atoms. The van der Waals surface area contributed by atoms with Gasteiger partial charge < -0.3 is 5.11 Å². The van der Waals surface area contributed by atoms with E-state index in [1.54, 1.807) is 0 Å². The first-order valence-electron chi connectivity index (χ1n) is 9.65. The van der Waals surface area contributed by atoms with Crippen LogP contribution >= 0.6 is 0 Å². The van der Waals surface area contributed by atoms with Gasteiger partial charge in [-0.1, -0.05) is 25.5 Å². The molecule has 0 heterocycles. The number of ketones is 1. The predicted molar refractivity (Wildman–Crippen MR) is 91.9 cm³/mol. The molecule has 3 fully saturated rings. The second-order valence-corrected chi connectivity index (χ2v) is 9.41. The van der Waals surface area contributed by atoms with Crippen LogP contribution in [0.4, 0.5) is 0 Å². The SMILES string of the molecule is C[C@]12CC[C@@](O)(CC#N)CC1=CC[C@@H]1[C@@H]2CC[C@]2(C)C(=O)CC[C@@H]12. The second kappa shape index (κ2) is 5.18. The number of carbonyl (C=O) groups is 1. The van der Waals surface area contributed by atoms with Gasteiger partial charge in [0.1, 0.15) is 5.78 Å². The molecule has 0 aromatic heterocycles. The molecule has 3 nitrogen and oxygen atoms in total. The summed E-state index contributed by atoms with van der Waals surface area (Å²) in [5.41, 5.74) is 0.663. The largest absolute Gasteiger partial charge is 0.388 e. The first-order chi connectivity index (χ1) is 11.3. The maximum absolute atomic E-state index is 12.4. The Labute approximate surface area is 145 Å². The van der Waals surface area contributed by atoms with Gasteiger partial charge in [-0.15, -0.1) is 0 Å². The molecule has 0 aliphatic heterocycles. The van der Waals surface area contributed by atoms with E-state index in [1.165, 1.54) is 5.57 Å². The van der Waals surface area contributed by atoms with Crippen LogP contribution in [-0.2, 0) is 4.79 Å². The van der Waals surface area contributed by atoms with Crippen molar-refractivity contribution in [3.63, 3.8) is 0 Å². The van der Waals surface area contributed by atoms with Crippen LogP contribution in [0.25, 0.3) is 0 Å². The van der Waals surface area contributed by atoms with Crippen LogP contribution < -0.4 is 0 Å². The maximum atomic E-state index is 12.4. The summed E-state index contributed by atoms with van der Waals surface area (Å²) in [4.78, 5) is 12.4. The Morgan fingerprint density at radius 3 is 2.71 bits per heavy atom. The molecule has 0 saturated heterocycles. The van der Waals surface area contributed by atoms with E-state index in [9.17, 15) is 9.90 Å². The zero-order chi connectivity index (χ0) is 17.2. The van der Waals surface area contributed by atoms with Crippen molar-refractivity contribution in [2.24, 2.45) is 28.6 Å². The third-order valence-corrected chi connectivity index (χ3v) is 8.37. The van der Waals surface area contributed by atoms with Gasteiger partial charge in [-0.2, -0.15) is 5.26 Å². The van der Waals surface area contributed by atoms with E-state index in [0.717, 1.165) is 44.9 Å². The van der Waals surface area contributed by atoms with E-state index >= 15 is 0 Å². The van der Waals surface area contributed by atoms with Crippen LogP contribution in [0.3, 0.4) is 0 Å². The molecule has 4 aliphatic rings. The maximum Gasteiger partial charge on any atom is 0.139 e. The zero-order valence-electron chi connectivity index (χ0n) is 15.0. The minimum Gasteiger partial charge on any atom is -0.388 e. The van der Waals surface area contributed by atoms with Gasteiger partial charge in [0, 0.05) is 11.8 Å². The van der Waals surface area contributed by atoms with Gasteiger partial charge in [0.05, 0.1) is 18.1 Å². The summed E-state index contributed by atoms with van der Waals surface area (Å²) < 4.78 is 0. The number of allylic oxidation sites excluding steroid dienone is 1. The summed E-state index contributed by atoms with van der Waals surface area (Å²) in [5, 5.41) is 19.8. The minimum atomic E-state index is -0.820. The predicted octanol–water partition coefficient (Wildman–Crippen LogP) is 4.16. The van der Waals surface area contributed by atoms with Gasteiger partial charge in [0.2, 0.25) is 0 Å². The summed E-state index contributed by atoms with van der Waals surface area (Å²) in [5.74, 6) is 2.33. The van der Waals surface area contributed by atoms with Crippen LogP contribution in [-0.4, -0.2) is 16.5 Å². The molecule has 0 unspecified atom stereocenters. The Morgan fingerprint density at radius 1 is 1.21 bits per heavy atom. The Balaban J connectivity index is 1.65. The van der Waals surface area contributed by atoms with E-state index in [-0.39, 0.29) is 17.3 Å². The summed E-state index contributed by atoms with van der Waals surface area (Å²) >= 11 is 0. The van der Waals surface area contributed by atoms with Crippen molar-refractivity contribution < 1.29 is 9.90 Å². The Morgan fingerprint density at radius 2 is 1.96 bits per heavy atom. The van der Waals surface area contributed by atoms with Gasteiger partial charge in [-0.05, 0) is 68.1 Å². The van der Waals surface area contributed by atoms with Crippen LogP contribution in [0.5, 0.6) is 0 Å². The smallest absolute Gasteiger partial charge is 0.139 e. The molecule has 3 saturated carbocycles. The van der Waals surface area contributed by atoms with E-state index < -0.39 is 5.60 Å². The molecule has 0 amide bonds. The number of hydrogen-bond donors (Lipinski definition) is 1. The number of fused-ring (bicyclic) bond motifs is 5. The average Bonchev–Trinajstić information content (AvgIpc) is 2.84. The number of aliphatic hydroxyl groups is 1.